The number of nitrogens with zero attached hydrogens (tertiary/aromatic N) is 2. The summed E-state index contributed by atoms with van der Waals surface area (Å²) in [4.78, 5) is 10.5. The molecule has 5 nitrogen and oxygen atoms in total. The van der Waals surface area contributed by atoms with Gasteiger partial charge < -0.3 is 10.4 Å². The van der Waals surface area contributed by atoms with Gasteiger partial charge >= 0.3 is 5.97 Å². The summed E-state index contributed by atoms with van der Waals surface area (Å²) in [6, 6.07) is 0. The van der Waals surface area contributed by atoms with Gasteiger partial charge in [0, 0.05) is 30.8 Å². The van der Waals surface area contributed by atoms with Gasteiger partial charge in [0.15, 0.2) is 0 Å². The van der Waals surface area contributed by atoms with Crippen LogP contribution in [0.4, 0.5) is 0 Å². The van der Waals surface area contributed by atoms with Gasteiger partial charge in [0.25, 0.3) is 0 Å². The van der Waals surface area contributed by atoms with Crippen LogP contribution in [0.2, 0.25) is 0 Å². The van der Waals surface area contributed by atoms with Gasteiger partial charge in [0.1, 0.15) is 6.54 Å². The van der Waals surface area contributed by atoms with Crippen LogP contribution < -0.4 is 5.32 Å². The fourth-order valence-corrected chi connectivity index (χ4v) is 1.58. The Balaban J connectivity index is 2.26. The number of hydrogen-bond acceptors (Lipinski definition) is 3. The smallest absolute Gasteiger partial charge is 0.325 e. The Bertz CT molecular complexity index is 332. The predicted octanol–water partition coefficient (Wildman–Crippen LogP) is -0.387. The molecule has 0 bridgehead atoms. The van der Waals surface area contributed by atoms with E-state index in [2.05, 4.69) is 10.4 Å². The van der Waals surface area contributed by atoms with Crippen LogP contribution in [-0.4, -0.2) is 27.4 Å². The molecule has 0 saturated heterocycles. The van der Waals surface area contributed by atoms with Crippen LogP contribution in [0.3, 0.4) is 0 Å². The van der Waals surface area contributed by atoms with Crippen LogP contribution >= 0.6 is 0 Å². The van der Waals surface area contributed by atoms with Gasteiger partial charge in [-0.05, 0) is 0 Å². The topological polar surface area (TPSA) is 67.1 Å². The summed E-state index contributed by atoms with van der Waals surface area (Å²) in [5, 5.41) is 15.9. The average molecular weight is 181 g/mol. The Morgan fingerprint density at radius 1 is 1.77 bits per heavy atom. The van der Waals surface area contributed by atoms with E-state index >= 15 is 0 Å². The van der Waals surface area contributed by atoms with Gasteiger partial charge in [-0.25, -0.2) is 0 Å². The summed E-state index contributed by atoms with van der Waals surface area (Å²) in [5.41, 5.74) is 2.17. The zero-order valence-corrected chi connectivity index (χ0v) is 7.16. The van der Waals surface area contributed by atoms with Crippen molar-refractivity contribution >= 4 is 5.97 Å². The number of carboxylic acids is 1. The van der Waals surface area contributed by atoms with Crippen LogP contribution in [0.1, 0.15) is 11.3 Å². The molecule has 0 amide bonds. The largest absolute Gasteiger partial charge is 0.480 e. The number of aliphatic carboxylic acids is 1. The maximum Gasteiger partial charge on any atom is 0.325 e. The number of aromatic nitrogens is 2. The molecule has 0 spiro atoms. The normalized spacial score (nSPS) is 15.4. The zero-order chi connectivity index (χ0) is 9.26. The van der Waals surface area contributed by atoms with Gasteiger partial charge in [-0.1, -0.05) is 0 Å². The van der Waals surface area contributed by atoms with Crippen molar-refractivity contribution < 1.29 is 9.90 Å². The first-order valence-corrected chi connectivity index (χ1v) is 4.23. The fourth-order valence-electron chi connectivity index (χ4n) is 1.58. The minimum atomic E-state index is -0.843. The second-order valence-electron chi connectivity index (χ2n) is 3.09. The highest BCUT2D eigenvalue weighted by Gasteiger charge is 2.15. The number of fused-ring (bicyclic) bond motifs is 1. The molecule has 0 saturated carbocycles. The molecular weight excluding hydrogens is 170 g/mol. The number of hydrogen-bond donors (Lipinski definition) is 2. The molecule has 1 aromatic rings. The monoisotopic (exact) mass is 181 g/mol. The van der Waals surface area contributed by atoms with E-state index < -0.39 is 5.97 Å². The lowest BCUT2D eigenvalue weighted by Crippen LogP contribution is -2.25. The molecule has 0 unspecified atom stereocenters. The highest BCUT2D eigenvalue weighted by molar-refractivity contribution is 5.66. The number of rotatable bonds is 2. The molecule has 13 heavy (non-hydrogen) atoms. The SMILES string of the molecule is O=C(O)Cn1ncc2c1CCNC2. The van der Waals surface area contributed by atoms with Gasteiger partial charge in [0.2, 0.25) is 0 Å². The van der Waals surface area contributed by atoms with Crippen LogP contribution in [-0.2, 0) is 24.3 Å². The first-order chi connectivity index (χ1) is 6.27. The van der Waals surface area contributed by atoms with Gasteiger partial charge in [0.05, 0.1) is 6.20 Å². The van der Waals surface area contributed by atoms with Crippen molar-refractivity contribution in [3.63, 3.8) is 0 Å². The summed E-state index contributed by atoms with van der Waals surface area (Å²) in [5.74, 6) is -0.843. The van der Waals surface area contributed by atoms with Gasteiger partial charge in [-0.3, -0.25) is 9.48 Å². The summed E-state index contributed by atoms with van der Waals surface area (Å²) in [6.45, 7) is 1.67. The summed E-state index contributed by atoms with van der Waals surface area (Å²) in [7, 11) is 0. The Morgan fingerprint density at radius 3 is 3.38 bits per heavy atom. The van der Waals surface area contributed by atoms with E-state index in [-0.39, 0.29) is 6.54 Å². The molecule has 2 N–H and O–H groups in total. The van der Waals surface area contributed by atoms with Crippen LogP contribution in [0.15, 0.2) is 6.20 Å². The molecule has 1 aromatic heterocycles. The zero-order valence-electron chi connectivity index (χ0n) is 7.16. The lowest BCUT2D eigenvalue weighted by molar-refractivity contribution is -0.137. The maximum absolute atomic E-state index is 10.5. The Morgan fingerprint density at radius 2 is 2.62 bits per heavy atom. The summed E-state index contributed by atoms with van der Waals surface area (Å²) < 4.78 is 1.57. The second kappa shape index (κ2) is 3.18. The number of carboxylic acid groups (broad SMARTS) is 1. The lowest BCUT2D eigenvalue weighted by Gasteiger charge is -2.13. The Kier molecular flexibility index (Phi) is 2.02. The lowest BCUT2D eigenvalue weighted by atomic mass is 10.1. The molecule has 5 heteroatoms. The van der Waals surface area contributed by atoms with Crippen molar-refractivity contribution in [2.75, 3.05) is 6.54 Å². The third-order valence-corrected chi connectivity index (χ3v) is 2.17. The van der Waals surface area contributed by atoms with E-state index in [0.29, 0.717) is 0 Å². The van der Waals surface area contributed by atoms with Crippen molar-refractivity contribution in [3.05, 3.63) is 17.5 Å². The molecule has 1 aliphatic heterocycles. The molecule has 0 radical (unpaired) electrons. The molecular formula is C8H11N3O2. The number of carbonyl (C=O) groups is 1. The Hall–Kier alpha value is -1.36. The van der Waals surface area contributed by atoms with Crippen molar-refractivity contribution in [2.45, 2.75) is 19.5 Å². The van der Waals surface area contributed by atoms with Crippen LogP contribution in [0, 0.1) is 0 Å². The van der Waals surface area contributed by atoms with Gasteiger partial charge in [-0.2, -0.15) is 5.10 Å². The molecule has 0 aromatic carbocycles. The molecule has 70 valence electrons. The van der Waals surface area contributed by atoms with Crippen molar-refractivity contribution in [1.82, 2.24) is 15.1 Å². The van der Waals surface area contributed by atoms with E-state index in [4.69, 9.17) is 5.11 Å². The van der Waals surface area contributed by atoms with Crippen LogP contribution in [0.25, 0.3) is 0 Å². The maximum atomic E-state index is 10.5. The van der Waals surface area contributed by atoms with E-state index in [1.54, 1.807) is 10.9 Å². The van der Waals surface area contributed by atoms with E-state index in [1.165, 1.54) is 0 Å². The third kappa shape index (κ3) is 1.55. The highest BCUT2D eigenvalue weighted by Crippen LogP contribution is 2.12. The average Bonchev–Trinajstić information content (AvgIpc) is 2.48. The minimum Gasteiger partial charge on any atom is -0.480 e. The quantitative estimate of drug-likeness (QED) is 0.652. The Labute approximate surface area is 75.4 Å². The van der Waals surface area contributed by atoms with Crippen molar-refractivity contribution in [2.24, 2.45) is 0 Å². The van der Waals surface area contributed by atoms with E-state index in [9.17, 15) is 4.79 Å². The molecule has 0 fully saturated rings. The first-order valence-electron chi connectivity index (χ1n) is 4.23. The molecule has 2 rings (SSSR count). The van der Waals surface area contributed by atoms with Crippen molar-refractivity contribution in [1.29, 1.82) is 0 Å². The van der Waals surface area contributed by atoms with E-state index in [1.807, 2.05) is 0 Å². The van der Waals surface area contributed by atoms with Crippen LogP contribution in [0.5, 0.6) is 0 Å². The minimum absolute atomic E-state index is 0.0324. The molecule has 2 heterocycles. The first kappa shape index (κ1) is 8.25. The summed E-state index contributed by atoms with van der Waals surface area (Å²) >= 11 is 0. The summed E-state index contributed by atoms with van der Waals surface area (Å²) in [6.07, 6.45) is 2.60. The molecule has 0 atom stereocenters. The molecule has 0 aliphatic carbocycles. The second-order valence-corrected chi connectivity index (χ2v) is 3.09. The van der Waals surface area contributed by atoms with Crippen molar-refractivity contribution in [3.8, 4) is 0 Å². The predicted molar refractivity (Wildman–Crippen MR) is 45.3 cm³/mol. The van der Waals surface area contributed by atoms with E-state index in [0.717, 1.165) is 30.8 Å². The standard InChI is InChI=1S/C8H11N3O2/c12-8(13)5-11-7-1-2-9-3-6(7)4-10-11/h4,9H,1-3,5H2,(H,12,13). The molecule has 1 aliphatic rings. The third-order valence-electron chi connectivity index (χ3n) is 2.17. The fraction of sp³-hybridized carbons (Fsp3) is 0.500. The number of nitrogens with one attached hydrogen (secondary N) is 1. The van der Waals surface area contributed by atoms with Gasteiger partial charge in [-0.15, -0.1) is 0 Å². The highest BCUT2D eigenvalue weighted by atomic mass is 16.4.